The predicted molar refractivity (Wildman–Crippen MR) is 97.4 cm³/mol. The Hall–Kier alpha value is -2.34. The van der Waals surface area contributed by atoms with Crippen molar-refractivity contribution < 1.29 is 14.3 Å². The number of fused-ring (bicyclic) bond motifs is 1. The highest BCUT2D eigenvalue weighted by molar-refractivity contribution is 5.90. The predicted octanol–water partition coefficient (Wildman–Crippen LogP) is 2.22. The second kappa shape index (κ2) is 7.50. The monoisotopic (exact) mass is 355 g/mol. The molecule has 0 radical (unpaired) electrons. The van der Waals surface area contributed by atoms with E-state index in [1.165, 1.54) is 30.4 Å². The van der Waals surface area contributed by atoms with Crippen LogP contribution in [0.5, 0.6) is 5.75 Å². The number of rotatable bonds is 4. The van der Waals surface area contributed by atoms with E-state index in [4.69, 9.17) is 9.47 Å². The molecule has 26 heavy (non-hydrogen) atoms. The first-order chi connectivity index (χ1) is 12.7. The topological polar surface area (TPSA) is 56.6 Å². The number of ether oxygens (including phenoxy) is 2. The summed E-state index contributed by atoms with van der Waals surface area (Å²) in [6.07, 6.45) is 8.15. The lowest BCUT2D eigenvalue weighted by atomic mass is 9.92. The summed E-state index contributed by atoms with van der Waals surface area (Å²) in [5.74, 6) is 1.29. The molecule has 2 aliphatic rings. The fourth-order valence-electron chi connectivity index (χ4n) is 3.71. The number of nitrogens with zero attached hydrogens (tertiary/aromatic N) is 3. The van der Waals surface area contributed by atoms with Crippen molar-refractivity contribution in [2.45, 2.75) is 31.8 Å². The molecular formula is C20H25N3O3. The average molecular weight is 355 g/mol. The normalized spacial score (nSPS) is 19.9. The Balaban J connectivity index is 1.35. The smallest absolute Gasteiger partial charge is 0.290 e. The second-order valence-corrected chi connectivity index (χ2v) is 7.05. The van der Waals surface area contributed by atoms with Crippen molar-refractivity contribution in [1.29, 1.82) is 0 Å². The number of imidazole rings is 1. The van der Waals surface area contributed by atoms with Crippen LogP contribution in [-0.4, -0.2) is 52.8 Å². The minimum absolute atomic E-state index is 0.0559. The number of morpholine rings is 1. The van der Waals surface area contributed by atoms with Gasteiger partial charge in [-0.2, -0.15) is 0 Å². The van der Waals surface area contributed by atoms with Gasteiger partial charge in [0, 0.05) is 26.0 Å². The minimum Gasteiger partial charge on any atom is -0.491 e. The molecule has 0 spiro atoms. The maximum atomic E-state index is 12.6. The minimum atomic E-state index is -0.121. The Labute approximate surface area is 153 Å². The highest BCUT2D eigenvalue weighted by Gasteiger charge is 2.27. The van der Waals surface area contributed by atoms with Crippen molar-refractivity contribution in [3.8, 4) is 5.75 Å². The molecule has 0 N–H and O–H groups in total. The zero-order valence-corrected chi connectivity index (χ0v) is 15.2. The van der Waals surface area contributed by atoms with Gasteiger partial charge in [0.1, 0.15) is 18.5 Å². The van der Waals surface area contributed by atoms with Crippen molar-refractivity contribution in [2.24, 2.45) is 7.05 Å². The maximum absolute atomic E-state index is 12.6. The lowest BCUT2D eigenvalue weighted by Crippen LogP contribution is -2.48. The van der Waals surface area contributed by atoms with E-state index in [0.29, 0.717) is 32.1 Å². The molecule has 1 aromatic carbocycles. The van der Waals surface area contributed by atoms with Crippen LogP contribution in [0.4, 0.5) is 0 Å². The standard InChI is InChI=1S/C20H25N3O3/c1-22-9-8-21-19(22)20(24)23-10-11-25-18(13-23)14-26-17-7-6-15-4-2-3-5-16(15)12-17/h6-9,12,18H,2-5,10-11,13-14H2,1H3. The van der Waals surface area contributed by atoms with Crippen molar-refractivity contribution >= 4 is 5.91 Å². The van der Waals surface area contributed by atoms with Crippen molar-refractivity contribution in [3.05, 3.63) is 47.5 Å². The fraction of sp³-hybridized carbons (Fsp3) is 0.500. The van der Waals surface area contributed by atoms with Crippen molar-refractivity contribution in [1.82, 2.24) is 14.5 Å². The fourth-order valence-corrected chi connectivity index (χ4v) is 3.71. The molecule has 1 amide bonds. The van der Waals surface area contributed by atoms with E-state index in [1.54, 1.807) is 21.9 Å². The number of benzene rings is 1. The average Bonchev–Trinajstić information content (AvgIpc) is 3.12. The Morgan fingerprint density at radius 1 is 1.31 bits per heavy atom. The first kappa shape index (κ1) is 17.1. The first-order valence-electron chi connectivity index (χ1n) is 9.33. The summed E-state index contributed by atoms with van der Waals surface area (Å²) in [5, 5.41) is 0. The first-order valence-corrected chi connectivity index (χ1v) is 9.33. The molecule has 6 heteroatoms. The largest absolute Gasteiger partial charge is 0.491 e. The summed E-state index contributed by atoms with van der Waals surface area (Å²) in [4.78, 5) is 18.6. The number of carbonyl (C=O) groups excluding carboxylic acids is 1. The molecule has 2 aromatic rings. The van der Waals surface area contributed by atoms with Gasteiger partial charge in [0.15, 0.2) is 5.82 Å². The van der Waals surface area contributed by atoms with Crippen molar-refractivity contribution in [3.63, 3.8) is 0 Å². The Morgan fingerprint density at radius 3 is 2.96 bits per heavy atom. The number of hydrogen-bond acceptors (Lipinski definition) is 4. The van der Waals surface area contributed by atoms with Crippen LogP contribution in [0.1, 0.15) is 34.6 Å². The van der Waals surface area contributed by atoms with Gasteiger partial charge in [-0.1, -0.05) is 6.07 Å². The maximum Gasteiger partial charge on any atom is 0.290 e. The van der Waals surface area contributed by atoms with Crippen LogP contribution in [0.25, 0.3) is 0 Å². The molecule has 6 nitrogen and oxygen atoms in total. The van der Waals surface area contributed by atoms with Gasteiger partial charge in [-0.15, -0.1) is 0 Å². The van der Waals surface area contributed by atoms with E-state index in [-0.39, 0.29) is 12.0 Å². The summed E-state index contributed by atoms with van der Waals surface area (Å²) in [5.41, 5.74) is 2.86. The zero-order valence-electron chi connectivity index (χ0n) is 15.2. The van der Waals surface area contributed by atoms with Gasteiger partial charge in [0.05, 0.1) is 13.2 Å². The molecule has 0 bridgehead atoms. The molecule has 4 rings (SSSR count). The van der Waals surface area contributed by atoms with Gasteiger partial charge >= 0.3 is 0 Å². The molecule has 1 aliphatic heterocycles. The van der Waals surface area contributed by atoms with Crippen LogP contribution in [0.2, 0.25) is 0 Å². The van der Waals surface area contributed by atoms with Crippen LogP contribution < -0.4 is 4.74 Å². The Bertz CT molecular complexity index is 786. The summed E-state index contributed by atoms with van der Waals surface area (Å²) in [6, 6.07) is 6.39. The summed E-state index contributed by atoms with van der Waals surface area (Å²) >= 11 is 0. The summed E-state index contributed by atoms with van der Waals surface area (Å²) in [7, 11) is 1.83. The number of amides is 1. The van der Waals surface area contributed by atoms with Gasteiger partial charge in [0.25, 0.3) is 5.91 Å². The second-order valence-electron chi connectivity index (χ2n) is 7.05. The highest BCUT2D eigenvalue weighted by atomic mass is 16.5. The van der Waals surface area contributed by atoms with E-state index in [9.17, 15) is 4.79 Å². The molecule has 2 heterocycles. The SMILES string of the molecule is Cn1ccnc1C(=O)N1CCOC(COc2ccc3c(c2)CCCC3)C1. The van der Waals surface area contributed by atoms with Crippen molar-refractivity contribution in [2.75, 3.05) is 26.3 Å². The van der Waals surface area contributed by atoms with Gasteiger partial charge < -0.3 is 18.9 Å². The highest BCUT2D eigenvalue weighted by Crippen LogP contribution is 2.25. The third kappa shape index (κ3) is 3.60. The molecule has 138 valence electrons. The number of aromatic nitrogens is 2. The molecule has 1 saturated heterocycles. The van der Waals surface area contributed by atoms with E-state index in [2.05, 4.69) is 17.1 Å². The van der Waals surface area contributed by atoms with Gasteiger partial charge in [-0.25, -0.2) is 4.98 Å². The number of carbonyl (C=O) groups is 1. The Kier molecular flexibility index (Phi) is 4.93. The van der Waals surface area contributed by atoms with Gasteiger partial charge in [-0.05, 0) is 48.9 Å². The number of aryl methyl sites for hydroxylation is 3. The van der Waals surface area contributed by atoms with Gasteiger partial charge in [0.2, 0.25) is 0 Å². The van der Waals surface area contributed by atoms with E-state index >= 15 is 0 Å². The van der Waals surface area contributed by atoms with Crippen LogP contribution >= 0.6 is 0 Å². The molecule has 1 atom stereocenters. The quantitative estimate of drug-likeness (QED) is 0.844. The molecule has 1 aliphatic carbocycles. The third-order valence-electron chi connectivity index (χ3n) is 5.19. The van der Waals surface area contributed by atoms with E-state index < -0.39 is 0 Å². The van der Waals surface area contributed by atoms with Crippen LogP contribution in [0, 0.1) is 0 Å². The Morgan fingerprint density at radius 2 is 2.15 bits per heavy atom. The van der Waals surface area contributed by atoms with Crippen LogP contribution in [0.3, 0.4) is 0 Å². The summed E-state index contributed by atoms with van der Waals surface area (Å²) in [6.45, 7) is 2.08. The van der Waals surface area contributed by atoms with Gasteiger partial charge in [-0.3, -0.25) is 4.79 Å². The van der Waals surface area contributed by atoms with E-state index in [1.807, 2.05) is 13.1 Å². The molecule has 1 fully saturated rings. The zero-order chi connectivity index (χ0) is 17.9. The van der Waals surface area contributed by atoms with E-state index in [0.717, 1.165) is 12.2 Å². The van der Waals surface area contributed by atoms with Crippen LogP contribution in [-0.2, 0) is 24.6 Å². The summed E-state index contributed by atoms with van der Waals surface area (Å²) < 4.78 is 13.5. The molecular weight excluding hydrogens is 330 g/mol. The third-order valence-corrected chi connectivity index (χ3v) is 5.19. The molecule has 0 saturated carbocycles. The molecule has 1 unspecified atom stereocenters. The lowest BCUT2D eigenvalue weighted by molar-refractivity contribution is -0.0405. The lowest BCUT2D eigenvalue weighted by Gasteiger charge is -2.32. The van der Waals surface area contributed by atoms with Crippen LogP contribution in [0.15, 0.2) is 30.6 Å². The number of hydrogen-bond donors (Lipinski definition) is 0. The molecule has 1 aromatic heterocycles.